The van der Waals surface area contributed by atoms with Crippen molar-refractivity contribution < 1.29 is 24.5 Å². The normalized spacial score (nSPS) is 12.8. The van der Waals surface area contributed by atoms with Gasteiger partial charge in [0.05, 0.1) is 12.0 Å². The highest BCUT2D eigenvalue weighted by atomic mass is 16.7. The van der Waals surface area contributed by atoms with Crippen molar-refractivity contribution in [2.45, 2.75) is 6.10 Å². The van der Waals surface area contributed by atoms with Gasteiger partial charge in [0.1, 0.15) is 18.5 Å². The number of aliphatic hydroxyl groups excluding tert-OH is 2. The fraction of sp³-hybridized carbons (Fsp3) is 0.273. The van der Waals surface area contributed by atoms with Crippen LogP contribution in [0.2, 0.25) is 0 Å². The Labute approximate surface area is 95.7 Å². The molecule has 90 valence electrons. The van der Waals surface area contributed by atoms with E-state index in [2.05, 4.69) is 4.74 Å². The minimum absolute atomic E-state index is 0.145. The standard InChI is InChI=1S/C11H10O6/c12-4-6(13)5-16-11(15)17-8-3-1-2-7-9(8)10(7)14/h1-3,6,12-13H,4-5H2. The highest BCUT2D eigenvalue weighted by Gasteiger charge is 2.20. The molecule has 2 aromatic carbocycles. The van der Waals surface area contributed by atoms with Crippen molar-refractivity contribution >= 4 is 16.9 Å². The van der Waals surface area contributed by atoms with Crippen molar-refractivity contribution in [1.29, 1.82) is 0 Å². The summed E-state index contributed by atoms with van der Waals surface area (Å²) < 4.78 is 9.32. The lowest BCUT2D eigenvalue weighted by molar-refractivity contribution is 0.0178. The Morgan fingerprint density at radius 2 is 2.18 bits per heavy atom. The average molecular weight is 238 g/mol. The van der Waals surface area contributed by atoms with Gasteiger partial charge < -0.3 is 19.7 Å². The SMILES string of the molecule is O=C(OCC(O)CO)Oc1cccc2c(=O)c12. The molecule has 6 nitrogen and oxygen atoms in total. The van der Waals surface area contributed by atoms with Gasteiger partial charge in [0, 0.05) is 5.39 Å². The number of carbonyl (C=O) groups excluding carboxylic acids is 1. The summed E-state index contributed by atoms with van der Waals surface area (Å²) in [6, 6.07) is 4.70. The summed E-state index contributed by atoms with van der Waals surface area (Å²) in [5, 5.41) is 18.4. The predicted molar refractivity (Wildman–Crippen MR) is 57.7 cm³/mol. The van der Waals surface area contributed by atoms with Crippen LogP contribution in [-0.4, -0.2) is 35.7 Å². The second-order valence-electron chi connectivity index (χ2n) is 3.51. The molecule has 1 unspecified atom stereocenters. The van der Waals surface area contributed by atoms with E-state index >= 15 is 0 Å². The molecule has 0 bridgehead atoms. The van der Waals surface area contributed by atoms with E-state index in [1.807, 2.05) is 0 Å². The summed E-state index contributed by atoms with van der Waals surface area (Å²) >= 11 is 0. The van der Waals surface area contributed by atoms with Crippen LogP contribution in [0.25, 0.3) is 10.8 Å². The van der Waals surface area contributed by atoms with E-state index in [0.717, 1.165) is 0 Å². The van der Waals surface area contributed by atoms with Crippen molar-refractivity contribution in [2.75, 3.05) is 13.2 Å². The number of hydrogen-bond acceptors (Lipinski definition) is 6. The largest absolute Gasteiger partial charge is 0.513 e. The quantitative estimate of drug-likeness (QED) is 0.572. The Hall–Kier alpha value is -1.92. The molecule has 0 heterocycles. The number of benzene rings is 1. The maximum absolute atomic E-state index is 11.2. The zero-order chi connectivity index (χ0) is 12.4. The molecule has 0 saturated heterocycles. The molecule has 17 heavy (non-hydrogen) atoms. The smallest absolute Gasteiger partial charge is 0.431 e. The van der Waals surface area contributed by atoms with Gasteiger partial charge in [-0.15, -0.1) is 0 Å². The molecule has 2 rings (SSSR count). The minimum atomic E-state index is -1.14. The fourth-order valence-corrected chi connectivity index (χ4v) is 1.32. The van der Waals surface area contributed by atoms with Gasteiger partial charge in [0.25, 0.3) is 0 Å². The molecule has 0 saturated carbocycles. The zero-order valence-corrected chi connectivity index (χ0v) is 8.75. The summed E-state index contributed by atoms with van der Waals surface area (Å²) in [6.45, 7) is -0.870. The molecule has 0 aliphatic heterocycles. The van der Waals surface area contributed by atoms with E-state index in [4.69, 9.17) is 14.9 Å². The summed E-state index contributed by atoms with van der Waals surface area (Å²) in [4.78, 5) is 22.3. The Bertz CT molecular complexity index is 551. The maximum atomic E-state index is 11.2. The third-order valence-electron chi connectivity index (χ3n) is 2.23. The third kappa shape index (κ3) is 2.43. The molecule has 0 amide bonds. The topological polar surface area (TPSA) is 93.1 Å². The van der Waals surface area contributed by atoms with Crippen molar-refractivity contribution in [3.8, 4) is 5.75 Å². The molecule has 2 N–H and O–H groups in total. The lowest BCUT2D eigenvalue weighted by atomic mass is 10.3. The maximum Gasteiger partial charge on any atom is 0.513 e. The van der Waals surface area contributed by atoms with Crippen LogP contribution in [0.15, 0.2) is 23.0 Å². The second-order valence-corrected chi connectivity index (χ2v) is 3.51. The van der Waals surface area contributed by atoms with E-state index in [1.165, 1.54) is 6.07 Å². The Balaban J connectivity index is 1.93. The lowest BCUT2D eigenvalue weighted by Gasteiger charge is -2.08. The predicted octanol–water partition coefficient (Wildman–Crippen LogP) is -0.0558. The molecule has 0 radical (unpaired) electrons. The van der Waals surface area contributed by atoms with Crippen molar-refractivity contribution in [3.63, 3.8) is 0 Å². The van der Waals surface area contributed by atoms with Crippen LogP contribution in [0.1, 0.15) is 0 Å². The van der Waals surface area contributed by atoms with Crippen molar-refractivity contribution in [2.24, 2.45) is 0 Å². The van der Waals surface area contributed by atoms with Gasteiger partial charge in [-0.3, -0.25) is 4.79 Å². The number of carbonyl (C=O) groups is 1. The van der Waals surface area contributed by atoms with Gasteiger partial charge >= 0.3 is 6.16 Å². The van der Waals surface area contributed by atoms with Crippen LogP contribution in [0.5, 0.6) is 5.75 Å². The molecular formula is C11H10O6. The Morgan fingerprint density at radius 3 is 2.88 bits per heavy atom. The summed E-state index contributed by atoms with van der Waals surface area (Å²) in [5.74, 6) is 0.149. The molecule has 0 fully saturated rings. The van der Waals surface area contributed by atoms with Crippen LogP contribution in [0.3, 0.4) is 0 Å². The number of hydrogen-bond donors (Lipinski definition) is 2. The fourth-order valence-electron chi connectivity index (χ4n) is 1.32. The van der Waals surface area contributed by atoms with Gasteiger partial charge in [-0.25, -0.2) is 4.79 Å². The first-order valence-corrected chi connectivity index (χ1v) is 4.94. The van der Waals surface area contributed by atoms with Crippen LogP contribution in [0.4, 0.5) is 4.79 Å². The van der Waals surface area contributed by atoms with E-state index in [9.17, 15) is 9.59 Å². The number of fused-ring (bicyclic) bond motifs is 1. The number of ether oxygens (including phenoxy) is 2. The minimum Gasteiger partial charge on any atom is -0.431 e. The van der Waals surface area contributed by atoms with Crippen LogP contribution < -0.4 is 10.2 Å². The summed E-state index contributed by atoms with van der Waals surface area (Å²) in [6.07, 6.45) is -2.16. The molecule has 6 heteroatoms. The van der Waals surface area contributed by atoms with Crippen LogP contribution >= 0.6 is 0 Å². The van der Waals surface area contributed by atoms with Crippen LogP contribution in [-0.2, 0) is 4.74 Å². The highest BCUT2D eigenvalue weighted by molar-refractivity contribution is 6.02. The first-order chi connectivity index (χ1) is 8.13. The Morgan fingerprint density at radius 1 is 1.41 bits per heavy atom. The monoisotopic (exact) mass is 238 g/mol. The molecule has 2 aromatic rings. The molecule has 0 aromatic heterocycles. The summed E-state index contributed by atoms with van der Waals surface area (Å²) in [7, 11) is 0. The molecular weight excluding hydrogens is 228 g/mol. The first-order valence-electron chi connectivity index (χ1n) is 4.94. The van der Waals surface area contributed by atoms with Gasteiger partial charge in [-0.1, -0.05) is 12.1 Å². The van der Waals surface area contributed by atoms with Gasteiger partial charge in [-0.2, -0.15) is 0 Å². The van der Waals surface area contributed by atoms with Gasteiger partial charge in [0.15, 0.2) is 5.43 Å². The van der Waals surface area contributed by atoms with Crippen LogP contribution in [0, 0.1) is 0 Å². The molecule has 0 aliphatic rings. The number of rotatable bonds is 4. The number of aliphatic hydroxyl groups is 2. The van der Waals surface area contributed by atoms with Crippen molar-refractivity contribution in [3.05, 3.63) is 28.4 Å². The van der Waals surface area contributed by atoms with E-state index in [-0.39, 0.29) is 17.8 Å². The average Bonchev–Trinajstić information content (AvgIpc) is 2.99. The third-order valence-corrected chi connectivity index (χ3v) is 2.23. The Kier molecular flexibility index (Phi) is 3.08. The molecule has 0 spiro atoms. The zero-order valence-electron chi connectivity index (χ0n) is 8.75. The van der Waals surface area contributed by atoms with Crippen molar-refractivity contribution in [1.82, 2.24) is 0 Å². The van der Waals surface area contributed by atoms with E-state index < -0.39 is 18.9 Å². The second kappa shape index (κ2) is 4.52. The molecule has 0 aliphatic carbocycles. The van der Waals surface area contributed by atoms with Gasteiger partial charge in [0.2, 0.25) is 0 Å². The first kappa shape index (κ1) is 11.6. The molecule has 1 atom stereocenters. The van der Waals surface area contributed by atoms with Gasteiger partial charge in [-0.05, 0) is 6.07 Å². The lowest BCUT2D eigenvalue weighted by Crippen LogP contribution is -2.23. The summed E-state index contributed by atoms with van der Waals surface area (Å²) in [5.41, 5.74) is -0.145. The van der Waals surface area contributed by atoms with E-state index in [0.29, 0.717) is 10.8 Å². The highest BCUT2D eigenvalue weighted by Crippen LogP contribution is 2.26. The van der Waals surface area contributed by atoms with E-state index in [1.54, 1.807) is 12.1 Å².